The van der Waals surface area contributed by atoms with E-state index in [1.54, 1.807) is 30.5 Å². The third-order valence-electron chi connectivity index (χ3n) is 5.59. The summed E-state index contributed by atoms with van der Waals surface area (Å²) in [6.07, 6.45) is 2.15. The van der Waals surface area contributed by atoms with E-state index in [1.165, 1.54) is 0 Å². The molecule has 1 saturated heterocycles. The van der Waals surface area contributed by atoms with Crippen LogP contribution in [0.3, 0.4) is 0 Å². The summed E-state index contributed by atoms with van der Waals surface area (Å²) >= 11 is 0. The second-order valence-corrected chi connectivity index (χ2v) is 7.97. The van der Waals surface area contributed by atoms with E-state index in [0.29, 0.717) is 48.6 Å². The molecule has 0 bridgehead atoms. The first kappa shape index (κ1) is 23.3. The lowest BCUT2D eigenvalue weighted by Gasteiger charge is -2.17. The summed E-state index contributed by atoms with van der Waals surface area (Å²) in [5.74, 6) is -0.409. The van der Waals surface area contributed by atoms with Crippen molar-refractivity contribution in [3.8, 4) is 17.3 Å². The van der Waals surface area contributed by atoms with Crippen LogP contribution in [0.2, 0.25) is 0 Å². The smallest absolute Gasteiger partial charge is 0.308 e. The molecule has 5 N–H and O–H groups in total. The fourth-order valence-corrected chi connectivity index (χ4v) is 3.82. The molecular formula is C24H23N9O2. The Hall–Kier alpha value is -4.85. The summed E-state index contributed by atoms with van der Waals surface area (Å²) in [7, 11) is 0. The Morgan fingerprint density at radius 2 is 2.11 bits per heavy atom. The van der Waals surface area contributed by atoms with Crippen LogP contribution in [0.5, 0.6) is 0 Å². The number of anilines is 2. The maximum atomic E-state index is 11.2. The Bertz CT molecular complexity index is 1330. The van der Waals surface area contributed by atoms with Crippen LogP contribution in [0.1, 0.15) is 23.4 Å². The Morgan fingerprint density at radius 1 is 1.29 bits per heavy atom. The van der Waals surface area contributed by atoms with Gasteiger partial charge in [-0.3, -0.25) is 4.79 Å². The summed E-state index contributed by atoms with van der Waals surface area (Å²) in [5.41, 5.74) is 16.5. The second-order valence-electron chi connectivity index (χ2n) is 7.97. The quantitative estimate of drug-likeness (QED) is 0.361. The van der Waals surface area contributed by atoms with Crippen LogP contribution in [0.4, 0.5) is 11.8 Å². The van der Waals surface area contributed by atoms with Crippen LogP contribution in [-0.4, -0.2) is 39.1 Å². The average molecular weight is 470 g/mol. The van der Waals surface area contributed by atoms with Gasteiger partial charge in [-0.1, -0.05) is 18.2 Å². The Labute approximate surface area is 201 Å². The highest BCUT2D eigenvalue weighted by Gasteiger charge is 2.28. The number of carboxylic acids is 1. The van der Waals surface area contributed by atoms with E-state index in [9.17, 15) is 9.90 Å². The minimum Gasteiger partial charge on any atom is -0.481 e. The molecular weight excluding hydrogens is 446 g/mol. The molecule has 4 rings (SSSR count). The number of nitriles is 1. The number of aromatic nitrogens is 3. The van der Waals surface area contributed by atoms with Gasteiger partial charge in [0.05, 0.1) is 41.2 Å². The molecule has 1 unspecified atom stereocenters. The first-order valence-corrected chi connectivity index (χ1v) is 10.9. The predicted molar refractivity (Wildman–Crippen MR) is 129 cm³/mol. The van der Waals surface area contributed by atoms with E-state index in [2.05, 4.69) is 31.5 Å². The number of pyridine rings is 1. The fourth-order valence-electron chi connectivity index (χ4n) is 3.82. The summed E-state index contributed by atoms with van der Waals surface area (Å²) in [6, 6.07) is 16.3. The van der Waals surface area contributed by atoms with Gasteiger partial charge in [-0.2, -0.15) is 10.4 Å². The van der Waals surface area contributed by atoms with E-state index in [-0.39, 0.29) is 17.6 Å². The number of carboxylic acid groups (broad SMARTS) is 1. The number of benzene rings is 1. The fraction of sp³-hybridized carbons (Fsp3) is 0.208. The molecule has 11 nitrogen and oxygen atoms in total. The van der Waals surface area contributed by atoms with Gasteiger partial charge in [-0.15, -0.1) is 0 Å². The molecule has 0 spiro atoms. The van der Waals surface area contributed by atoms with E-state index in [0.717, 1.165) is 11.5 Å². The van der Waals surface area contributed by atoms with Gasteiger partial charge < -0.3 is 21.1 Å². The van der Waals surface area contributed by atoms with Gasteiger partial charge in [0.25, 0.3) is 0 Å². The van der Waals surface area contributed by atoms with Gasteiger partial charge >= 0.3 is 5.97 Å². The summed E-state index contributed by atoms with van der Waals surface area (Å²) in [6.45, 7) is 1.45. The van der Waals surface area contributed by atoms with E-state index in [1.807, 2.05) is 29.2 Å². The molecule has 0 saturated carbocycles. The Kier molecular flexibility index (Phi) is 6.92. The molecule has 0 amide bonds. The molecule has 11 heteroatoms. The summed E-state index contributed by atoms with van der Waals surface area (Å²) in [4.78, 5) is 26.3. The number of hydrogen-bond acceptors (Lipinski definition) is 10. The van der Waals surface area contributed by atoms with Gasteiger partial charge in [0.15, 0.2) is 0 Å². The van der Waals surface area contributed by atoms with Crippen molar-refractivity contribution in [2.24, 2.45) is 11.0 Å². The highest BCUT2D eigenvalue weighted by molar-refractivity contribution is 5.72. The normalized spacial score (nSPS) is 15.5. The number of hydrogen-bond donors (Lipinski definition) is 4. The number of carbonyl (C=O) groups is 1. The number of nitrogens with two attached hydrogens (primary N) is 1. The maximum Gasteiger partial charge on any atom is 0.308 e. The lowest BCUT2D eigenvalue weighted by molar-refractivity contribution is -0.140. The highest BCUT2D eigenvalue weighted by Crippen LogP contribution is 2.24. The van der Waals surface area contributed by atoms with Crippen molar-refractivity contribution in [1.82, 2.24) is 20.3 Å². The third kappa shape index (κ3) is 5.56. The molecule has 35 heavy (non-hydrogen) atoms. The predicted octanol–water partition coefficient (Wildman–Crippen LogP) is 3.02. The van der Waals surface area contributed by atoms with Gasteiger partial charge in [0.1, 0.15) is 11.5 Å². The van der Waals surface area contributed by atoms with Crippen LogP contribution in [0.25, 0.3) is 17.0 Å². The highest BCUT2D eigenvalue weighted by atomic mass is 16.4. The van der Waals surface area contributed by atoms with E-state index >= 15 is 0 Å². The molecule has 1 fully saturated rings. The van der Waals surface area contributed by atoms with Crippen molar-refractivity contribution in [3.05, 3.63) is 71.7 Å². The lowest BCUT2D eigenvalue weighted by Crippen LogP contribution is -2.24. The monoisotopic (exact) mass is 469 g/mol. The van der Waals surface area contributed by atoms with E-state index in [4.69, 9.17) is 16.5 Å². The SMILES string of the molecule is N#Cc1cccc(-c2cc(/C(=C/NCc3cccc(N4CCC(C(=O)O)C4)n3)N=N)nc(N)n2)c1. The van der Waals surface area contributed by atoms with Gasteiger partial charge in [-0.05, 0) is 36.8 Å². The van der Waals surface area contributed by atoms with Crippen molar-refractivity contribution in [1.29, 1.82) is 10.8 Å². The zero-order valence-electron chi connectivity index (χ0n) is 18.7. The van der Waals surface area contributed by atoms with Crippen molar-refractivity contribution in [2.75, 3.05) is 23.7 Å². The molecule has 1 atom stereocenters. The molecule has 2 aromatic heterocycles. The Morgan fingerprint density at radius 3 is 2.86 bits per heavy atom. The minimum absolute atomic E-state index is 0.0223. The molecule has 1 aliphatic rings. The van der Waals surface area contributed by atoms with Gasteiger partial charge in [-0.25, -0.2) is 20.5 Å². The molecule has 0 aliphatic carbocycles. The average Bonchev–Trinajstić information content (AvgIpc) is 3.37. The first-order chi connectivity index (χ1) is 17.0. The third-order valence-corrected chi connectivity index (χ3v) is 5.59. The van der Waals surface area contributed by atoms with Crippen LogP contribution in [-0.2, 0) is 11.3 Å². The first-order valence-electron chi connectivity index (χ1n) is 10.9. The van der Waals surface area contributed by atoms with Crippen molar-refractivity contribution in [2.45, 2.75) is 13.0 Å². The Balaban J connectivity index is 1.49. The largest absolute Gasteiger partial charge is 0.481 e. The van der Waals surface area contributed by atoms with Crippen molar-refractivity contribution < 1.29 is 9.90 Å². The topological polar surface area (TPSA) is 177 Å². The van der Waals surface area contributed by atoms with Crippen LogP contribution in [0.15, 0.2) is 59.8 Å². The second kappa shape index (κ2) is 10.4. The minimum atomic E-state index is -0.784. The standard InChI is InChI=1S/C24H23N9O2/c25-11-15-3-1-4-16(9-15)19-10-20(31-24(26)30-19)21(32-27)13-28-12-18-5-2-6-22(29-18)33-8-7-17(14-33)23(34)35/h1-6,9-10,13,17,27-28H,7-8,12,14H2,(H,34,35)(H2,26,30,31)/b21-13-,32-27?. The molecule has 1 aliphatic heterocycles. The molecule has 1 aromatic carbocycles. The van der Waals surface area contributed by atoms with Crippen LogP contribution in [0, 0.1) is 22.8 Å². The molecule has 3 aromatic rings. The maximum absolute atomic E-state index is 11.2. The van der Waals surface area contributed by atoms with E-state index < -0.39 is 5.97 Å². The number of nitrogens with zero attached hydrogens (tertiary/aromatic N) is 6. The number of nitrogens with one attached hydrogen (secondary N) is 2. The number of rotatable bonds is 8. The van der Waals surface area contributed by atoms with Crippen molar-refractivity contribution in [3.63, 3.8) is 0 Å². The van der Waals surface area contributed by atoms with Crippen molar-refractivity contribution >= 4 is 23.4 Å². The zero-order valence-corrected chi connectivity index (χ0v) is 18.7. The summed E-state index contributed by atoms with van der Waals surface area (Å²) in [5, 5.41) is 25.0. The summed E-state index contributed by atoms with van der Waals surface area (Å²) < 4.78 is 0. The van der Waals surface area contributed by atoms with Gasteiger partial charge in [0, 0.05) is 24.9 Å². The lowest BCUT2D eigenvalue weighted by atomic mass is 10.1. The molecule has 3 heterocycles. The number of nitrogen functional groups attached to an aromatic ring is 1. The number of aliphatic carboxylic acids is 1. The van der Waals surface area contributed by atoms with Crippen LogP contribution >= 0.6 is 0 Å². The van der Waals surface area contributed by atoms with Gasteiger partial charge in [0.2, 0.25) is 5.95 Å². The molecule has 176 valence electrons. The van der Waals surface area contributed by atoms with Crippen LogP contribution < -0.4 is 16.0 Å². The molecule has 0 radical (unpaired) electrons. The zero-order chi connectivity index (χ0) is 24.8.